The Morgan fingerprint density at radius 1 is 1.36 bits per heavy atom. The maximum absolute atomic E-state index is 13.9. The summed E-state index contributed by atoms with van der Waals surface area (Å²) in [5.41, 5.74) is -0.337. The van der Waals surface area contributed by atoms with Crippen LogP contribution in [0.2, 0.25) is 0 Å². The smallest absolute Gasteiger partial charge is 0.316 e. The van der Waals surface area contributed by atoms with Crippen molar-refractivity contribution >= 4 is 17.4 Å². The summed E-state index contributed by atoms with van der Waals surface area (Å²) in [4.78, 5) is 29.8. The van der Waals surface area contributed by atoms with Crippen LogP contribution >= 0.6 is 0 Å². The summed E-state index contributed by atoms with van der Waals surface area (Å²) in [7, 11) is 3.06. The predicted octanol–water partition coefficient (Wildman–Crippen LogP) is 2.73. The van der Waals surface area contributed by atoms with Crippen LogP contribution in [0.5, 0.6) is 5.75 Å². The van der Waals surface area contributed by atoms with Gasteiger partial charge in [-0.3, -0.25) is 14.5 Å². The highest BCUT2D eigenvalue weighted by Crippen LogP contribution is 2.62. The molecule has 1 unspecified atom stereocenters. The van der Waals surface area contributed by atoms with Gasteiger partial charge in [-0.2, -0.15) is 0 Å². The molecule has 5 aliphatic rings. The summed E-state index contributed by atoms with van der Waals surface area (Å²) in [6, 6.07) is 5.61. The minimum atomic E-state index is -0.928. The van der Waals surface area contributed by atoms with E-state index in [1.807, 2.05) is 12.1 Å². The number of fused-ring (bicyclic) bond motifs is 2. The Morgan fingerprint density at radius 3 is 2.89 bits per heavy atom. The average Bonchev–Trinajstić information content (AvgIpc) is 3.02. The van der Waals surface area contributed by atoms with E-state index >= 15 is 0 Å². The molecule has 4 heterocycles. The number of anilines is 1. The standard InChI is InChI=1S/C22H28N2O4/c1-4-14-9-13-11-21(20(26)28-3)18(14)24(12-13)8-7-22(21)19(25)16-10-15(27-2)5-6-17(16)23-22/h5-6,10,13-14,18,23H,4,7-9,11-12H2,1-3H3/t13-,14-,18+,21+,22+/m0/s1. The first-order valence-corrected chi connectivity index (χ1v) is 10.3. The van der Waals surface area contributed by atoms with E-state index in [9.17, 15) is 9.59 Å². The molecule has 6 rings (SSSR count). The summed E-state index contributed by atoms with van der Waals surface area (Å²) in [6.45, 7) is 4.06. The lowest BCUT2D eigenvalue weighted by Gasteiger charge is -2.66. The number of hydrogen-bond acceptors (Lipinski definition) is 6. The van der Waals surface area contributed by atoms with Crippen molar-refractivity contribution in [2.24, 2.45) is 17.3 Å². The second-order valence-electron chi connectivity index (χ2n) is 8.90. The number of esters is 1. The van der Waals surface area contributed by atoms with Crippen molar-refractivity contribution < 1.29 is 19.1 Å². The molecule has 4 fully saturated rings. The Kier molecular flexibility index (Phi) is 3.83. The highest BCUT2D eigenvalue weighted by molar-refractivity contribution is 6.16. The lowest BCUT2D eigenvalue weighted by molar-refractivity contribution is -0.193. The van der Waals surface area contributed by atoms with Crippen LogP contribution in [-0.2, 0) is 9.53 Å². The molecule has 28 heavy (non-hydrogen) atoms. The molecule has 1 aromatic carbocycles. The molecule has 4 aliphatic heterocycles. The molecule has 6 atom stereocenters. The van der Waals surface area contributed by atoms with Gasteiger partial charge in [-0.15, -0.1) is 0 Å². The van der Waals surface area contributed by atoms with Gasteiger partial charge in [0.1, 0.15) is 16.7 Å². The molecule has 1 spiro atoms. The highest BCUT2D eigenvalue weighted by Gasteiger charge is 2.74. The van der Waals surface area contributed by atoms with Gasteiger partial charge in [-0.05, 0) is 49.3 Å². The Labute approximate surface area is 165 Å². The van der Waals surface area contributed by atoms with Crippen LogP contribution in [0.4, 0.5) is 5.69 Å². The second kappa shape index (κ2) is 5.96. The number of hydrogen-bond donors (Lipinski definition) is 1. The summed E-state index contributed by atoms with van der Waals surface area (Å²) in [5.74, 6) is 1.29. The lowest BCUT2D eigenvalue weighted by atomic mass is 9.47. The first-order valence-electron chi connectivity index (χ1n) is 10.3. The number of ketones is 1. The number of benzene rings is 1. The molecule has 0 radical (unpaired) electrons. The van der Waals surface area contributed by atoms with Crippen molar-refractivity contribution in [2.45, 2.75) is 44.2 Å². The van der Waals surface area contributed by atoms with Gasteiger partial charge in [0, 0.05) is 30.4 Å². The van der Waals surface area contributed by atoms with Crippen LogP contribution in [0.15, 0.2) is 18.2 Å². The number of Topliss-reactive ketones (excluding diaryl/α,β-unsaturated/α-hetero) is 1. The van der Waals surface area contributed by atoms with Crippen LogP contribution in [0.25, 0.3) is 0 Å². The van der Waals surface area contributed by atoms with E-state index in [-0.39, 0.29) is 17.8 Å². The van der Waals surface area contributed by atoms with Crippen molar-refractivity contribution in [1.29, 1.82) is 0 Å². The largest absolute Gasteiger partial charge is 0.497 e. The fourth-order valence-corrected chi connectivity index (χ4v) is 6.91. The molecule has 6 nitrogen and oxygen atoms in total. The number of methoxy groups -OCH3 is 2. The zero-order valence-electron chi connectivity index (χ0n) is 16.8. The van der Waals surface area contributed by atoms with Crippen molar-refractivity contribution in [3.05, 3.63) is 23.8 Å². The maximum Gasteiger partial charge on any atom is 0.316 e. The van der Waals surface area contributed by atoms with E-state index < -0.39 is 11.0 Å². The molecule has 6 heteroatoms. The molecule has 4 bridgehead atoms. The van der Waals surface area contributed by atoms with E-state index in [4.69, 9.17) is 9.47 Å². The van der Waals surface area contributed by atoms with Gasteiger partial charge in [-0.1, -0.05) is 13.3 Å². The summed E-state index contributed by atoms with van der Waals surface area (Å²) in [6.07, 6.45) is 3.50. The van der Waals surface area contributed by atoms with Gasteiger partial charge >= 0.3 is 5.97 Å². The number of carbonyl (C=O) groups is 2. The Balaban J connectivity index is 1.69. The summed E-state index contributed by atoms with van der Waals surface area (Å²) in [5, 5.41) is 3.56. The molecular weight excluding hydrogens is 356 g/mol. The van der Waals surface area contributed by atoms with Gasteiger partial charge < -0.3 is 14.8 Å². The summed E-state index contributed by atoms with van der Waals surface area (Å²) >= 11 is 0. The van der Waals surface area contributed by atoms with Gasteiger partial charge in [-0.25, -0.2) is 0 Å². The zero-order valence-corrected chi connectivity index (χ0v) is 16.8. The van der Waals surface area contributed by atoms with Gasteiger partial charge in [0.2, 0.25) is 0 Å². The number of nitrogens with zero attached hydrogens (tertiary/aromatic N) is 1. The van der Waals surface area contributed by atoms with Crippen molar-refractivity contribution in [1.82, 2.24) is 4.90 Å². The SMILES string of the molecule is CC[C@H]1C[C@@H]2CN3CC[C@]4(Nc5ccc(OC)cc5C4=O)[C@](C(=O)OC)(C2)[C@@H]13. The third-order valence-electron chi connectivity index (χ3n) is 7.90. The van der Waals surface area contributed by atoms with Gasteiger partial charge in [0.15, 0.2) is 5.78 Å². The van der Waals surface area contributed by atoms with E-state index in [2.05, 4.69) is 17.1 Å². The monoisotopic (exact) mass is 384 g/mol. The van der Waals surface area contributed by atoms with Gasteiger partial charge in [0.25, 0.3) is 0 Å². The van der Waals surface area contributed by atoms with Crippen LogP contribution in [0.3, 0.4) is 0 Å². The number of carbonyl (C=O) groups excluding carboxylic acids is 2. The molecular formula is C22H28N2O4. The van der Waals surface area contributed by atoms with Crippen molar-refractivity contribution in [2.75, 3.05) is 32.6 Å². The third-order valence-corrected chi connectivity index (χ3v) is 7.90. The molecule has 3 saturated heterocycles. The van der Waals surface area contributed by atoms with Crippen molar-refractivity contribution in [3.8, 4) is 5.75 Å². The van der Waals surface area contributed by atoms with Crippen LogP contribution in [0, 0.1) is 17.3 Å². The number of rotatable bonds is 3. The maximum atomic E-state index is 13.9. The van der Waals surface area contributed by atoms with E-state index in [0.717, 1.165) is 38.0 Å². The zero-order chi connectivity index (χ0) is 19.7. The van der Waals surface area contributed by atoms with Gasteiger partial charge in [0.05, 0.1) is 14.2 Å². The van der Waals surface area contributed by atoms with Crippen molar-refractivity contribution in [3.63, 3.8) is 0 Å². The fraction of sp³-hybridized carbons (Fsp3) is 0.636. The minimum Gasteiger partial charge on any atom is -0.497 e. The lowest BCUT2D eigenvalue weighted by Crippen LogP contribution is -2.79. The van der Waals surface area contributed by atoms with Crippen LogP contribution < -0.4 is 10.1 Å². The molecule has 0 amide bonds. The van der Waals surface area contributed by atoms with E-state index in [0.29, 0.717) is 29.6 Å². The molecule has 1 aromatic rings. The topological polar surface area (TPSA) is 67.9 Å². The Hall–Kier alpha value is -2.08. The minimum absolute atomic E-state index is 0.0221. The van der Waals surface area contributed by atoms with E-state index in [1.165, 1.54) is 7.11 Å². The Bertz CT molecular complexity index is 847. The first-order chi connectivity index (χ1) is 13.5. The molecule has 1 N–H and O–H groups in total. The number of piperidine rings is 3. The molecule has 150 valence electrons. The summed E-state index contributed by atoms with van der Waals surface area (Å²) < 4.78 is 10.8. The number of nitrogens with one attached hydrogen (secondary N) is 1. The van der Waals surface area contributed by atoms with Crippen LogP contribution in [-0.4, -0.2) is 55.5 Å². The fourth-order valence-electron chi connectivity index (χ4n) is 6.91. The highest BCUT2D eigenvalue weighted by atomic mass is 16.5. The van der Waals surface area contributed by atoms with E-state index in [1.54, 1.807) is 13.2 Å². The average molecular weight is 384 g/mol. The second-order valence-corrected chi connectivity index (χ2v) is 8.90. The normalized spacial score (nSPS) is 40.2. The quantitative estimate of drug-likeness (QED) is 0.809. The molecule has 1 saturated carbocycles. The number of ether oxygens (including phenoxy) is 2. The third kappa shape index (κ3) is 1.97. The molecule has 1 aliphatic carbocycles. The molecule has 0 aromatic heterocycles. The predicted molar refractivity (Wildman–Crippen MR) is 105 cm³/mol. The van der Waals surface area contributed by atoms with Crippen LogP contribution in [0.1, 0.15) is 43.0 Å². The first kappa shape index (κ1) is 18.0. The Morgan fingerprint density at radius 2 is 2.18 bits per heavy atom.